The van der Waals surface area contributed by atoms with Crippen LogP contribution in [0.5, 0.6) is 5.75 Å². The molecule has 1 aliphatic rings. The van der Waals surface area contributed by atoms with Gasteiger partial charge in [-0.3, -0.25) is 0 Å². The molecule has 0 saturated carbocycles. The first-order chi connectivity index (χ1) is 18.2. The first-order valence-corrected chi connectivity index (χ1v) is 13.1. The highest BCUT2D eigenvalue weighted by Crippen LogP contribution is 2.33. The molecule has 2 amide bonds. The van der Waals surface area contributed by atoms with Gasteiger partial charge in [0.15, 0.2) is 23.1 Å². The number of aromatic carboxylic acids is 1. The fourth-order valence-electron chi connectivity index (χ4n) is 3.70. The average molecular weight is 543 g/mol. The molecule has 0 aliphatic carbocycles. The molecular formula is C24H26N6O7S. The van der Waals surface area contributed by atoms with Crippen molar-refractivity contribution in [3.8, 4) is 17.1 Å². The molecule has 1 aromatic heterocycles. The average Bonchev–Trinajstić information content (AvgIpc) is 2.89. The molecule has 3 aromatic rings. The summed E-state index contributed by atoms with van der Waals surface area (Å²) in [6, 6.07) is 11.4. The Morgan fingerprint density at radius 1 is 1.03 bits per heavy atom. The number of urea groups is 1. The van der Waals surface area contributed by atoms with Gasteiger partial charge < -0.3 is 30.1 Å². The molecule has 0 spiro atoms. The van der Waals surface area contributed by atoms with E-state index in [-0.39, 0.29) is 28.8 Å². The maximum atomic E-state index is 12.4. The molecule has 0 bridgehead atoms. The second-order valence-corrected chi connectivity index (χ2v) is 9.67. The number of nitrogens with two attached hydrogens (primary N) is 1. The predicted molar refractivity (Wildman–Crippen MR) is 139 cm³/mol. The summed E-state index contributed by atoms with van der Waals surface area (Å²) in [4.78, 5) is 35.1. The Labute approximate surface area is 218 Å². The second-order valence-electron chi connectivity index (χ2n) is 8.11. The third kappa shape index (κ3) is 6.34. The molecular weight excluding hydrogens is 516 g/mol. The van der Waals surface area contributed by atoms with Crippen molar-refractivity contribution in [1.29, 1.82) is 0 Å². The van der Waals surface area contributed by atoms with Gasteiger partial charge in [-0.2, -0.15) is 0 Å². The lowest BCUT2D eigenvalue weighted by atomic mass is 10.2. The number of aromatic nitrogens is 2. The highest BCUT2D eigenvalue weighted by molar-refractivity contribution is 7.89. The molecule has 5 N–H and O–H groups in total. The van der Waals surface area contributed by atoms with E-state index in [2.05, 4.69) is 20.6 Å². The van der Waals surface area contributed by atoms with E-state index >= 15 is 0 Å². The summed E-state index contributed by atoms with van der Waals surface area (Å²) < 4.78 is 33.8. The topological polar surface area (TPSA) is 186 Å². The van der Waals surface area contributed by atoms with E-state index in [1.54, 1.807) is 31.2 Å². The van der Waals surface area contributed by atoms with E-state index in [4.69, 9.17) is 14.6 Å². The van der Waals surface area contributed by atoms with Crippen molar-refractivity contribution >= 4 is 39.2 Å². The van der Waals surface area contributed by atoms with Crippen molar-refractivity contribution in [1.82, 2.24) is 9.97 Å². The predicted octanol–water partition coefficient (Wildman–Crippen LogP) is 2.37. The van der Waals surface area contributed by atoms with Gasteiger partial charge in [-0.25, -0.2) is 33.1 Å². The Hall–Kier alpha value is -4.27. The molecule has 1 saturated heterocycles. The van der Waals surface area contributed by atoms with E-state index in [1.165, 1.54) is 24.3 Å². The van der Waals surface area contributed by atoms with Crippen LogP contribution in [0.2, 0.25) is 0 Å². The van der Waals surface area contributed by atoms with Crippen molar-refractivity contribution in [2.45, 2.75) is 11.8 Å². The van der Waals surface area contributed by atoms with E-state index in [1.807, 2.05) is 4.90 Å². The van der Waals surface area contributed by atoms with Crippen LogP contribution in [0.25, 0.3) is 11.4 Å². The minimum absolute atomic E-state index is 0.0709. The fraction of sp³-hybridized carbons (Fsp3) is 0.250. The Balaban J connectivity index is 1.53. The third-order valence-corrected chi connectivity index (χ3v) is 6.42. The number of nitrogens with zero attached hydrogens (tertiary/aromatic N) is 3. The minimum atomic E-state index is -3.83. The number of amides is 2. The van der Waals surface area contributed by atoms with Crippen LogP contribution < -0.4 is 25.4 Å². The summed E-state index contributed by atoms with van der Waals surface area (Å²) in [6.45, 7) is 4.01. The maximum Gasteiger partial charge on any atom is 0.358 e. The highest BCUT2D eigenvalue weighted by Gasteiger charge is 2.26. The second kappa shape index (κ2) is 11.4. The lowest BCUT2D eigenvalue weighted by Gasteiger charge is -2.29. The molecule has 0 unspecified atom stereocenters. The van der Waals surface area contributed by atoms with Crippen LogP contribution in [0.1, 0.15) is 17.4 Å². The summed E-state index contributed by atoms with van der Waals surface area (Å²) in [7, 11) is -3.83. The standard InChI is InChI=1S/C24H26N6O7S/c1-2-37-20-19(23(31)32)28-21(29-22(20)30-11-13-36-14-12-30)15-3-5-16(6-4-15)26-24(33)27-17-7-9-18(10-8-17)38(25,34)35/h3-10H,2,11-14H2,1H3,(H,31,32)(H2,25,34,35)(H2,26,27,33). The zero-order chi connectivity index (χ0) is 27.3. The van der Waals surface area contributed by atoms with Crippen molar-refractivity contribution < 1.29 is 32.6 Å². The Morgan fingerprint density at radius 3 is 2.13 bits per heavy atom. The lowest BCUT2D eigenvalue weighted by Crippen LogP contribution is -2.37. The molecule has 200 valence electrons. The zero-order valence-corrected chi connectivity index (χ0v) is 21.2. The number of carbonyl (C=O) groups excluding carboxylic acids is 1. The number of carboxylic acid groups (broad SMARTS) is 1. The van der Waals surface area contributed by atoms with Crippen LogP contribution in [0, 0.1) is 0 Å². The van der Waals surface area contributed by atoms with Gasteiger partial charge in [0.2, 0.25) is 10.0 Å². The van der Waals surface area contributed by atoms with E-state index in [9.17, 15) is 23.1 Å². The van der Waals surface area contributed by atoms with Crippen molar-refractivity contribution in [2.75, 3.05) is 48.4 Å². The van der Waals surface area contributed by atoms with E-state index < -0.39 is 22.0 Å². The summed E-state index contributed by atoms with van der Waals surface area (Å²) in [5.41, 5.74) is 1.11. The number of hydrogen-bond acceptors (Lipinski definition) is 9. The van der Waals surface area contributed by atoms with Crippen LogP contribution in [-0.2, 0) is 14.8 Å². The molecule has 1 aliphatic heterocycles. The molecule has 38 heavy (non-hydrogen) atoms. The van der Waals surface area contributed by atoms with Gasteiger partial charge in [0.25, 0.3) is 0 Å². The normalized spacial score (nSPS) is 13.6. The highest BCUT2D eigenvalue weighted by atomic mass is 32.2. The number of nitrogens with one attached hydrogen (secondary N) is 2. The SMILES string of the molecule is CCOc1c(C(=O)O)nc(-c2ccc(NC(=O)Nc3ccc(S(N)(=O)=O)cc3)cc2)nc1N1CCOCC1. The first-order valence-electron chi connectivity index (χ1n) is 11.6. The maximum absolute atomic E-state index is 12.4. The number of rotatable bonds is 8. The zero-order valence-electron chi connectivity index (χ0n) is 20.4. The van der Waals surface area contributed by atoms with Gasteiger partial charge in [-0.1, -0.05) is 0 Å². The lowest BCUT2D eigenvalue weighted by molar-refractivity contribution is 0.0685. The number of hydrogen-bond donors (Lipinski definition) is 4. The summed E-state index contributed by atoms with van der Waals surface area (Å²) in [5, 5.41) is 20.1. The van der Waals surface area contributed by atoms with Crippen LogP contribution in [0.15, 0.2) is 53.4 Å². The number of sulfonamides is 1. The summed E-state index contributed by atoms with van der Waals surface area (Å²) in [5.74, 6) is -0.553. The summed E-state index contributed by atoms with van der Waals surface area (Å²) >= 11 is 0. The molecule has 1 fully saturated rings. The number of benzene rings is 2. The molecule has 2 heterocycles. The third-order valence-electron chi connectivity index (χ3n) is 5.49. The minimum Gasteiger partial charge on any atom is -0.488 e. The quantitative estimate of drug-likeness (QED) is 0.329. The number of ether oxygens (including phenoxy) is 2. The van der Waals surface area contributed by atoms with Gasteiger partial charge in [0.05, 0.1) is 24.7 Å². The van der Waals surface area contributed by atoms with E-state index in [0.717, 1.165) is 0 Å². The number of morpholine rings is 1. The van der Waals surface area contributed by atoms with Gasteiger partial charge >= 0.3 is 12.0 Å². The molecule has 0 radical (unpaired) electrons. The largest absolute Gasteiger partial charge is 0.488 e. The smallest absolute Gasteiger partial charge is 0.358 e. The van der Waals surface area contributed by atoms with Gasteiger partial charge in [-0.15, -0.1) is 0 Å². The number of primary sulfonamides is 1. The Kier molecular flexibility index (Phi) is 8.05. The number of anilines is 3. The molecule has 13 nitrogen and oxygen atoms in total. The Bertz CT molecular complexity index is 1420. The molecule has 4 rings (SSSR count). The fourth-order valence-corrected chi connectivity index (χ4v) is 4.22. The van der Waals surface area contributed by atoms with Gasteiger partial charge in [0.1, 0.15) is 0 Å². The van der Waals surface area contributed by atoms with Crippen LogP contribution in [0.4, 0.5) is 22.0 Å². The molecule has 0 atom stereocenters. The molecule has 2 aromatic carbocycles. The van der Waals surface area contributed by atoms with Gasteiger partial charge in [-0.05, 0) is 55.5 Å². The van der Waals surface area contributed by atoms with Gasteiger partial charge in [0, 0.05) is 30.0 Å². The number of carbonyl (C=O) groups is 2. The first kappa shape index (κ1) is 26.8. The van der Waals surface area contributed by atoms with Crippen LogP contribution in [0.3, 0.4) is 0 Å². The Morgan fingerprint density at radius 2 is 1.61 bits per heavy atom. The molecule has 14 heteroatoms. The monoisotopic (exact) mass is 542 g/mol. The van der Waals surface area contributed by atoms with Crippen molar-refractivity contribution in [3.05, 3.63) is 54.2 Å². The van der Waals surface area contributed by atoms with Crippen molar-refractivity contribution in [2.24, 2.45) is 5.14 Å². The van der Waals surface area contributed by atoms with E-state index in [0.29, 0.717) is 49.1 Å². The summed E-state index contributed by atoms with van der Waals surface area (Å²) in [6.07, 6.45) is 0. The number of carboxylic acids is 1. The van der Waals surface area contributed by atoms with Crippen LogP contribution in [-0.4, -0.2) is 68.4 Å². The van der Waals surface area contributed by atoms with Crippen LogP contribution >= 0.6 is 0 Å². The van der Waals surface area contributed by atoms with Crippen molar-refractivity contribution in [3.63, 3.8) is 0 Å².